The zero-order chi connectivity index (χ0) is 25.6. The fourth-order valence-corrected chi connectivity index (χ4v) is 4.93. The van der Waals surface area contributed by atoms with Crippen molar-refractivity contribution in [1.82, 2.24) is 5.32 Å². The van der Waals surface area contributed by atoms with Crippen LogP contribution in [0.25, 0.3) is 0 Å². The van der Waals surface area contributed by atoms with Crippen molar-refractivity contribution in [3.63, 3.8) is 0 Å². The number of aryl methyl sites for hydroxylation is 1. The van der Waals surface area contributed by atoms with E-state index in [1.54, 1.807) is 48.5 Å². The summed E-state index contributed by atoms with van der Waals surface area (Å²) in [5.41, 5.74) is 1.93. The van der Waals surface area contributed by atoms with Gasteiger partial charge in [-0.15, -0.1) is 0 Å². The van der Waals surface area contributed by atoms with E-state index in [1.807, 2.05) is 6.92 Å². The van der Waals surface area contributed by atoms with Gasteiger partial charge in [0.15, 0.2) is 11.5 Å². The van der Waals surface area contributed by atoms with Gasteiger partial charge in [-0.2, -0.15) is 0 Å². The molecule has 0 saturated heterocycles. The third kappa shape index (κ3) is 6.17. The fraction of sp³-hybridized carbons (Fsp3) is 0.240. The molecule has 0 saturated carbocycles. The molecule has 0 aliphatic carbocycles. The molecule has 0 atom stereocenters. The van der Waals surface area contributed by atoms with E-state index in [-0.39, 0.29) is 11.4 Å². The van der Waals surface area contributed by atoms with Gasteiger partial charge < -0.3 is 19.5 Å². The molecule has 0 heterocycles. The van der Waals surface area contributed by atoms with Crippen LogP contribution < -0.4 is 23.8 Å². The molecule has 0 spiro atoms. The molecule has 0 bridgehead atoms. The van der Waals surface area contributed by atoms with Gasteiger partial charge in [0.25, 0.3) is 10.0 Å². The van der Waals surface area contributed by atoms with Crippen LogP contribution in [-0.2, 0) is 21.4 Å². The molecule has 0 aliphatic heterocycles. The smallest absolute Gasteiger partial charge is 0.264 e. The number of carbonyl (C=O) groups excluding carboxylic acids is 1. The first-order valence-electron chi connectivity index (χ1n) is 10.6. The molecule has 186 valence electrons. The summed E-state index contributed by atoms with van der Waals surface area (Å²) in [5, 5.41) is 3.21. The lowest BCUT2D eigenvalue weighted by Crippen LogP contribution is -2.40. The Morgan fingerprint density at radius 1 is 0.914 bits per heavy atom. The van der Waals surface area contributed by atoms with Crippen LogP contribution in [0.1, 0.15) is 11.1 Å². The number of anilines is 1. The molecule has 3 aromatic rings. The quantitative estimate of drug-likeness (QED) is 0.432. The molecule has 3 rings (SSSR count). The molecule has 0 fully saturated rings. The Bertz CT molecular complexity index is 1250. The SMILES string of the molecule is COc1cc(CNC(=O)CN(c2ccc(Cl)cc2)S(=O)(=O)c2ccc(C)cc2)cc(OC)c1OC. The van der Waals surface area contributed by atoms with Crippen molar-refractivity contribution < 1.29 is 27.4 Å². The highest BCUT2D eigenvalue weighted by Gasteiger charge is 2.27. The highest BCUT2D eigenvalue weighted by Crippen LogP contribution is 2.38. The van der Waals surface area contributed by atoms with E-state index in [9.17, 15) is 13.2 Å². The number of halogens is 1. The average Bonchev–Trinajstić information content (AvgIpc) is 2.86. The summed E-state index contributed by atoms with van der Waals surface area (Å²) >= 11 is 5.98. The molecule has 1 N–H and O–H groups in total. The zero-order valence-electron chi connectivity index (χ0n) is 19.9. The second kappa shape index (κ2) is 11.3. The number of hydrogen-bond donors (Lipinski definition) is 1. The topological polar surface area (TPSA) is 94.2 Å². The molecule has 35 heavy (non-hydrogen) atoms. The summed E-state index contributed by atoms with van der Waals surface area (Å²) in [6, 6.07) is 16.1. The number of rotatable bonds is 10. The van der Waals surface area contributed by atoms with E-state index < -0.39 is 22.5 Å². The predicted molar refractivity (Wildman–Crippen MR) is 135 cm³/mol. The molecule has 0 aromatic heterocycles. The second-order valence-corrected chi connectivity index (χ2v) is 9.91. The molecule has 1 amide bonds. The number of ether oxygens (including phenoxy) is 3. The number of nitrogens with zero attached hydrogens (tertiary/aromatic N) is 1. The maximum Gasteiger partial charge on any atom is 0.264 e. The number of hydrogen-bond acceptors (Lipinski definition) is 6. The summed E-state index contributed by atoms with van der Waals surface area (Å²) in [5.74, 6) is 0.828. The fourth-order valence-electron chi connectivity index (χ4n) is 3.38. The van der Waals surface area contributed by atoms with Crippen molar-refractivity contribution in [2.75, 3.05) is 32.2 Å². The van der Waals surface area contributed by atoms with Crippen molar-refractivity contribution in [3.05, 3.63) is 76.8 Å². The minimum absolute atomic E-state index is 0.0791. The molecule has 0 unspecified atom stereocenters. The summed E-state index contributed by atoms with van der Waals surface area (Å²) in [4.78, 5) is 13.0. The largest absolute Gasteiger partial charge is 0.493 e. The van der Waals surface area contributed by atoms with Crippen molar-refractivity contribution in [3.8, 4) is 17.2 Å². The summed E-state index contributed by atoms with van der Waals surface area (Å²) < 4.78 is 43.9. The van der Waals surface area contributed by atoms with Crippen LogP contribution in [0, 0.1) is 6.92 Å². The standard InChI is InChI=1S/C25H27ClN2O6S/c1-17-5-11-21(12-6-17)35(30,31)28(20-9-7-19(26)8-10-20)16-24(29)27-15-18-13-22(32-2)25(34-4)23(14-18)33-3/h5-14H,15-16H2,1-4H3,(H,27,29). The Morgan fingerprint density at radius 2 is 1.49 bits per heavy atom. The number of carbonyl (C=O) groups is 1. The molecule has 8 nitrogen and oxygen atoms in total. The summed E-state index contributed by atoms with van der Waals surface area (Å²) in [7, 11) is 0.482. The number of methoxy groups -OCH3 is 3. The van der Waals surface area contributed by atoms with Crippen LogP contribution in [0.4, 0.5) is 5.69 Å². The second-order valence-electron chi connectivity index (χ2n) is 7.61. The van der Waals surface area contributed by atoms with Crippen LogP contribution in [0.3, 0.4) is 0 Å². The Balaban J connectivity index is 1.85. The molecule has 0 aliphatic rings. The lowest BCUT2D eigenvalue weighted by atomic mass is 10.1. The molecule has 0 radical (unpaired) electrons. The third-order valence-electron chi connectivity index (χ3n) is 5.22. The number of benzene rings is 3. The van der Waals surface area contributed by atoms with Gasteiger partial charge in [-0.1, -0.05) is 29.3 Å². The first-order chi connectivity index (χ1) is 16.7. The predicted octanol–water partition coefficient (Wildman–Crippen LogP) is 4.19. The highest BCUT2D eigenvalue weighted by molar-refractivity contribution is 7.92. The van der Waals surface area contributed by atoms with Crippen molar-refractivity contribution in [2.45, 2.75) is 18.4 Å². The minimum atomic E-state index is -4.02. The third-order valence-corrected chi connectivity index (χ3v) is 7.27. The van der Waals surface area contributed by atoms with E-state index in [0.717, 1.165) is 9.87 Å². The minimum Gasteiger partial charge on any atom is -0.493 e. The molecule has 3 aromatic carbocycles. The Kier molecular flexibility index (Phi) is 8.48. The maximum absolute atomic E-state index is 13.4. The highest BCUT2D eigenvalue weighted by atomic mass is 35.5. The van der Waals surface area contributed by atoms with Gasteiger partial charge >= 0.3 is 0 Å². The first kappa shape index (κ1) is 26.2. The van der Waals surface area contributed by atoms with Crippen molar-refractivity contribution in [1.29, 1.82) is 0 Å². The van der Waals surface area contributed by atoms with Crippen LogP contribution >= 0.6 is 11.6 Å². The Hall–Kier alpha value is -3.43. The zero-order valence-corrected chi connectivity index (χ0v) is 21.4. The van der Waals surface area contributed by atoms with Gasteiger partial charge in [-0.05, 0) is 61.0 Å². The van der Waals surface area contributed by atoms with Gasteiger partial charge in [0.2, 0.25) is 11.7 Å². The van der Waals surface area contributed by atoms with E-state index in [1.165, 1.54) is 33.5 Å². The number of sulfonamides is 1. The van der Waals surface area contributed by atoms with Crippen LogP contribution in [0.2, 0.25) is 5.02 Å². The van der Waals surface area contributed by atoms with E-state index in [2.05, 4.69) is 5.32 Å². The van der Waals surface area contributed by atoms with E-state index in [4.69, 9.17) is 25.8 Å². The summed E-state index contributed by atoms with van der Waals surface area (Å²) in [6.45, 7) is 1.56. The van der Waals surface area contributed by atoms with Gasteiger partial charge in [-0.3, -0.25) is 9.10 Å². The Labute approximate surface area is 210 Å². The van der Waals surface area contributed by atoms with Crippen LogP contribution in [-0.4, -0.2) is 42.2 Å². The van der Waals surface area contributed by atoms with Gasteiger partial charge in [-0.25, -0.2) is 8.42 Å². The molecular formula is C25H27ClN2O6S. The average molecular weight is 519 g/mol. The first-order valence-corrected chi connectivity index (χ1v) is 12.4. The van der Waals surface area contributed by atoms with Gasteiger partial charge in [0.05, 0.1) is 31.9 Å². The van der Waals surface area contributed by atoms with Crippen molar-refractivity contribution in [2.24, 2.45) is 0 Å². The van der Waals surface area contributed by atoms with E-state index in [0.29, 0.717) is 33.5 Å². The van der Waals surface area contributed by atoms with Crippen LogP contribution in [0.5, 0.6) is 17.2 Å². The lowest BCUT2D eigenvalue weighted by Gasteiger charge is -2.24. The Morgan fingerprint density at radius 3 is 2.00 bits per heavy atom. The lowest BCUT2D eigenvalue weighted by molar-refractivity contribution is -0.119. The van der Waals surface area contributed by atoms with E-state index >= 15 is 0 Å². The number of amides is 1. The normalized spacial score (nSPS) is 11.0. The van der Waals surface area contributed by atoms with Gasteiger partial charge in [0, 0.05) is 11.6 Å². The maximum atomic E-state index is 13.4. The van der Waals surface area contributed by atoms with Gasteiger partial charge in [0.1, 0.15) is 6.54 Å². The molecular weight excluding hydrogens is 492 g/mol. The monoisotopic (exact) mass is 518 g/mol. The molecule has 10 heteroatoms. The van der Waals surface area contributed by atoms with Crippen LogP contribution in [0.15, 0.2) is 65.6 Å². The van der Waals surface area contributed by atoms with Crippen molar-refractivity contribution >= 4 is 33.2 Å². The summed E-state index contributed by atoms with van der Waals surface area (Å²) in [6.07, 6.45) is 0. The number of nitrogens with one attached hydrogen (secondary N) is 1.